The highest BCUT2D eigenvalue weighted by molar-refractivity contribution is 5.77. The quantitative estimate of drug-likeness (QED) is 0.813. The molecule has 0 aromatic carbocycles. The summed E-state index contributed by atoms with van der Waals surface area (Å²) in [6, 6.07) is 3.87. The topological polar surface area (TPSA) is 66.5 Å². The zero-order chi connectivity index (χ0) is 13.1. The predicted octanol–water partition coefficient (Wildman–Crippen LogP) is 0.136. The van der Waals surface area contributed by atoms with Crippen LogP contribution in [0.3, 0.4) is 0 Å². The van der Waals surface area contributed by atoms with Crippen LogP contribution >= 0.6 is 0 Å². The second kappa shape index (κ2) is 5.54. The van der Waals surface area contributed by atoms with E-state index in [0.29, 0.717) is 19.7 Å². The molecule has 2 unspecified atom stereocenters. The predicted molar refractivity (Wildman–Crippen MR) is 69.7 cm³/mol. The number of aromatic nitrogens is 1. The van der Waals surface area contributed by atoms with Gasteiger partial charge in [-0.1, -0.05) is 6.07 Å². The van der Waals surface area contributed by atoms with E-state index >= 15 is 0 Å². The lowest BCUT2D eigenvalue weighted by Gasteiger charge is -2.27. The number of nitrogens with one attached hydrogen (secondary N) is 2. The number of carbonyl (C=O) groups is 1. The van der Waals surface area contributed by atoms with Gasteiger partial charge in [-0.25, -0.2) is 4.79 Å². The number of hydrogen-bond acceptors (Lipinski definition) is 4. The molecule has 0 spiro atoms. The molecule has 0 bridgehead atoms. The lowest BCUT2D eigenvalue weighted by Crippen LogP contribution is -2.46. The van der Waals surface area contributed by atoms with Crippen LogP contribution in [0.25, 0.3) is 0 Å². The third-order valence-electron chi connectivity index (χ3n) is 3.50. The first-order valence-electron chi connectivity index (χ1n) is 6.60. The average molecular weight is 262 g/mol. The Morgan fingerprint density at radius 1 is 1.53 bits per heavy atom. The minimum Gasteiger partial charge on any atom is -0.374 e. The van der Waals surface area contributed by atoms with Gasteiger partial charge in [-0.05, 0) is 11.6 Å². The van der Waals surface area contributed by atoms with Crippen molar-refractivity contribution < 1.29 is 9.53 Å². The second-order valence-electron chi connectivity index (χ2n) is 4.89. The molecule has 0 aliphatic carbocycles. The van der Waals surface area contributed by atoms with Crippen molar-refractivity contribution in [2.45, 2.75) is 12.1 Å². The smallest absolute Gasteiger partial charge is 0.318 e. The molecule has 3 rings (SSSR count). The fourth-order valence-corrected chi connectivity index (χ4v) is 2.50. The molecule has 3 heterocycles. The highest BCUT2D eigenvalue weighted by Crippen LogP contribution is 2.19. The lowest BCUT2D eigenvalue weighted by molar-refractivity contribution is 0.0145. The van der Waals surface area contributed by atoms with Crippen molar-refractivity contribution in [3.05, 3.63) is 30.1 Å². The average Bonchev–Trinajstić information content (AvgIpc) is 2.82. The van der Waals surface area contributed by atoms with Crippen molar-refractivity contribution in [1.82, 2.24) is 20.5 Å². The summed E-state index contributed by atoms with van der Waals surface area (Å²) in [5.41, 5.74) is 1.04. The van der Waals surface area contributed by atoms with Gasteiger partial charge in [-0.2, -0.15) is 0 Å². The maximum atomic E-state index is 12.0. The molecule has 6 heteroatoms. The fourth-order valence-electron chi connectivity index (χ4n) is 2.50. The van der Waals surface area contributed by atoms with Gasteiger partial charge >= 0.3 is 6.03 Å². The van der Waals surface area contributed by atoms with Crippen LogP contribution in [0, 0.1) is 0 Å². The number of hydrogen-bond donors (Lipinski definition) is 2. The molecule has 2 saturated heterocycles. The van der Waals surface area contributed by atoms with Gasteiger partial charge in [0.1, 0.15) is 0 Å². The summed E-state index contributed by atoms with van der Waals surface area (Å²) < 4.78 is 5.63. The summed E-state index contributed by atoms with van der Waals surface area (Å²) in [4.78, 5) is 17.9. The van der Waals surface area contributed by atoms with E-state index in [1.807, 2.05) is 17.0 Å². The van der Waals surface area contributed by atoms with Crippen molar-refractivity contribution >= 4 is 6.03 Å². The Kier molecular flexibility index (Phi) is 3.61. The highest BCUT2D eigenvalue weighted by atomic mass is 16.5. The molecule has 102 valence electrons. The highest BCUT2D eigenvalue weighted by Gasteiger charge is 2.31. The van der Waals surface area contributed by atoms with Gasteiger partial charge in [0.2, 0.25) is 0 Å². The normalized spacial score (nSPS) is 27.4. The fraction of sp³-hybridized carbons (Fsp3) is 0.538. The zero-order valence-corrected chi connectivity index (χ0v) is 10.7. The number of nitrogens with zero attached hydrogens (tertiary/aromatic N) is 2. The van der Waals surface area contributed by atoms with Crippen molar-refractivity contribution in [2.24, 2.45) is 0 Å². The Hall–Kier alpha value is -1.66. The molecule has 1 aromatic heterocycles. The van der Waals surface area contributed by atoms with Crippen LogP contribution in [-0.4, -0.2) is 54.8 Å². The van der Waals surface area contributed by atoms with E-state index in [4.69, 9.17) is 4.74 Å². The third-order valence-corrected chi connectivity index (χ3v) is 3.50. The van der Waals surface area contributed by atoms with Crippen LogP contribution in [0.2, 0.25) is 0 Å². The van der Waals surface area contributed by atoms with Crippen molar-refractivity contribution in [3.63, 3.8) is 0 Å². The molecule has 0 saturated carbocycles. The van der Waals surface area contributed by atoms with E-state index < -0.39 is 0 Å². The van der Waals surface area contributed by atoms with Crippen molar-refractivity contribution in [1.29, 1.82) is 0 Å². The van der Waals surface area contributed by atoms with Crippen molar-refractivity contribution in [3.8, 4) is 0 Å². The van der Waals surface area contributed by atoms with Gasteiger partial charge in [-0.15, -0.1) is 0 Å². The first-order valence-corrected chi connectivity index (χ1v) is 6.60. The van der Waals surface area contributed by atoms with Crippen LogP contribution in [0.1, 0.15) is 11.6 Å². The molecule has 0 radical (unpaired) electrons. The monoisotopic (exact) mass is 262 g/mol. The van der Waals surface area contributed by atoms with Gasteiger partial charge in [-0.3, -0.25) is 4.98 Å². The molecular weight excluding hydrogens is 244 g/mol. The molecule has 2 aliphatic heterocycles. The number of carbonyl (C=O) groups excluding carboxylic acids is 1. The molecule has 6 nitrogen and oxygen atoms in total. The number of amides is 2. The van der Waals surface area contributed by atoms with E-state index in [9.17, 15) is 4.79 Å². The molecule has 2 amide bonds. The Morgan fingerprint density at radius 2 is 2.47 bits per heavy atom. The third kappa shape index (κ3) is 2.85. The number of urea groups is 1. The van der Waals surface area contributed by atoms with E-state index in [0.717, 1.165) is 18.7 Å². The maximum Gasteiger partial charge on any atom is 0.318 e. The summed E-state index contributed by atoms with van der Waals surface area (Å²) in [5, 5.41) is 6.25. The minimum absolute atomic E-state index is 0.0250. The number of ether oxygens (including phenoxy) is 1. The Morgan fingerprint density at radius 3 is 3.21 bits per heavy atom. The van der Waals surface area contributed by atoms with Gasteiger partial charge in [0.25, 0.3) is 0 Å². The van der Waals surface area contributed by atoms with Crippen LogP contribution in [-0.2, 0) is 4.74 Å². The van der Waals surface area contributed by atoms with E-state index in [1.54, 1.807) is 12.4 Å². The minimum atomic E-state index is -0.0250. The Labute approximate surface area is 112 Å². The first-order chi connectivity index (χ1) is 9.33. The van der Waals surface area contributed by atoms with Crippen LogP contribution < -0.4 is 10.6 Å². The standard InChI is InChI=1S/C13H18N4O2/c18-13-16-12(10-2-1-3-14-6-10)9-17(13)8-11-7-15-4-5-19-11/h1-3,6,11-12,15H,4-5,7-9H2,(H,16,18). The molecule has 2 aliphatic rings. The van der Waals surface area contributed by atoms with Gasteiger partial charge in [0, 0.05) is 38.6 Å². The summed E-state index contributed by atoms with van der Waals surface area (Å²) in [6.07, 6.45) is 3.62. The van der Waals surface area contributed by atoms with Gasteiger partial charge in [0.05, 0.1) is 18.8 Å². The van der Waals surface area contributed by atoms with E-state index in [1.165, 1.54) is 0 Å². The Bertz CT molecular complexity index is 434. The van der Waals surface area contributed by atoms with Gasteiger partial charge in [0.15, 0.2) is 0 Å². The lowest BCUT2D eigenvalue weighted by atomic mass is 10.1. The summed E-state index contributed by atoms with van der Waals surface area (Å²) in [7, 11) is 0. The summed E-state index contributed by atoms with van der Waals surface area (Å²) >= 11 is 0. The van der Waals surface area contributed by atoms with Crippen LogP contribution in [0.15, 0.2) is 24.5 Å². The zero-order valence-electron chi connectivity index (χ0n) is 10.7. The molecule has 1 aromatic rings. The SMILES string of the molecule is O=C1NC(c2cccnc2)CN1CC1CNCCO1. The first kappa shape index (κ1) is 12.4. The molecule has 2 fully saturated rings. The largest absolute Gasteiger partial charge is 0.374 e. The molecule has 19 heavy (non-hydrogen) atoms. The van der Waals surface area contributed by atoms with E-state index in [2.05, 4.69) is 15.6 Å². The van der Waals surface area contributed by atoms with Crippen LogP contribution in [0.5, 0.6) is 0 Å². The second-order valence-corrected chi connectivity index (χ2v) is 4.89. The molecular formula is C13H18N4O2. The van der Waals surface area contributed by atoms with Gasteiger partial charge < -0.3 is 20.3 Å². The molecule has 2 N–H and O–H groups in total. The van der Waals surface area contributed by atoms with Crippen LogP contribution in [0.4, 0.5) is 4.79 Å². The maximum absolute atomic E-state index is 12.0. The summed E-state index contributed by atoms with van der Waals surface area (Å²) in [5.74, 6) is 0. The number of morpholine rings is 1. The Balaban J connectivity index is 1.60. The molecule has 2 atom stereocenters. The van der Waals surface area contributed by atoms with Crippen molar-refractivity contribution in [2.75, 3.05) is 32.8 Å². The van der Waals surface area contributed by atoms with E-state index in [-0.39, 0.29) is 18.2 Å². The number of pyridine rings is 1. The number of rotatable bonds is 3. The summed E-state index contributed by atoms with van der Waals surface area (Å²) in [6.45, 7) is 3.72.